The van der Waals surface area contributed by atoms with Crippen molar-refractivity contribution in [1.82, 2.24) is 20.1 Å². The minimum atomic E-state index is -0.358. The van der Waals surface area contributed by atoms with E-state index in [1.165, 1.54) is 6.07 Å². The highest BCUT2D eigenvalue weighted by atomic mass is 35.5. The molecule has 20 heavy (non-hydrogen) atoms. The summed E-state index contributed by atoms with van der Waals surface area (Å²) >= 11 is 11.7. The fourth-order valence-corrected chi connectivity index (χ4v) is 2.20. The van der Waals surface area contributed by atoms with Gasteiger partial charge in [0.2, 0.25) is 0 Å². The predicted molar refractivity (Wildman–Crippen MR) is 78.0 cm³/mol. The molecule has 0 aromatic carbocycles. The molecule has 2 heterocycles. The first kappa shape index (κ1) is 14.8. The van der Waals surface area contributed by atoms with Gasteiger partial charge in [0.15, 0.2) is 0 Å². The van der Waals surface area contributed by atoms with Crippen molar-refractivity contribution in [3.05, 3.63) is 45.5 Å². The molecule has 0 radical (unpaired) electrons. The molecule has 0 aliphatic carbocycles. The van der Waals surface area contributed by atoms with Crippen LogP contribution in [0.5, 0.6) is 0 Å². The van der Waals surface area contributed by atoms with E-state index in [-0.39, 0.29) is 21.8 Å². The minimum Gasteiger partial charge on any atom is -0.346 e. The van der Waals surface area contributed by atoms with Crippen LogP contribution >= 0.6 is 23.2 Å². The molecule has 0 unspecified atom stereocenters. The van der Waals surface area contributed by atoms with Crippen molar-refractivity contribution in [2.75, 3.05) is 0 Å². The van der Waals surface area contributed by atoms with Crippen LogP contribution in [0.4, 0.5) is 0 Å². The number of aromatic nitrogens is 3. The largest absolute Gasteiger partial charge is 0.346 e. The lowest BCUT2D eigenvalue weighted by Crippen LogP contribution is -2.24. The van der Waals surface area contributed by atoms with Crippen LogP contribution in [0.15, 0.2) is 18.3 Å². The van der Waals surface area contributed by atoms with Crippen LogP contribution in [0.1, 0.15) is 28.7 Å². The maximum Gasteiger partial charge on any atom is 0.271 e. The van der Waals surface area contributed by atoms with Crippen LogP contribution in [-0.2, 0) is 20.0 Å². The molecule has 0 saturated heterocycles. The van der Waals surface area contributed by atoms with Crippen molar-refractivity contribution < 1.29 is 4.79 Å². The van der Waals surface area contributed by atoms with Gasteiger partial charge in [0, 0.05) is 25.4 Å². The van der Waals surface area contributed by atoms with Crippen LogP contribution in [0, 0.1) is 0 Å². The zero-order chi connectivity index (χ0) is 14.7. The van der Waals surface area contributed by atoms with Gasteiger partial charge in [-0.15, -0.1) is 0 Å². The Morgan fingerprint density at radius 2 is 2.15 bits per heavy atom. The van der Waals surface area contributed by atoms with Gasteiger partial charge in [-0.05, 0) is 18.6 Å². The second kappa shape index (κ2) is 6.24. The number of carbonyl (C=O) groups is 1. The first-order chi connectivity index (χ1) is 9.51. The van der Waals surface area contributed by atoms with Gasteiger partial charge in [-0.2, -0.15) is 5.10 Å². The Hall–Kier alpha value is -1.59. The molecule has 0 fully saturated rings. The minimum absolute atomic E-state index is 0.126. The van der Waals surface area contributed by atoms with Gasteiger partial charge in [0.05, 0.1) is 10.7 Å². The lowest BCUT2D eigenvalue weighted by atomic mass is 10.2. The Balaban J connectivity index is 2.10. The van der Waals surface area contributed by atoms with E-state index in [9.17, 15) is 4.79 Å². The molecule has 0 aliphatic heterocycles. The second-order valence-corrected chi connectivity index (χ2v) is 5.07. The third-order valence-corrected chi connectivity index (χ3v) is 3.31. The molecule has 0 spiro atoms. The second-order valence-electron chi connectivity index (χ2n) is 4.28. The molecule has 0 aliphatic rings. The van der Waals surface area contributed by atoms with E-state index < -0.39 is 0 Å². The molecule has 106 valence electrons. The van der Waals surface area contributed by atoms with Gasteiger partial charge in [-0.1, -0.05) is 30.1 Å². The van der Waals surface area contributed by atoms with Crippen LogP contribution in [0.2, 0.25) is 10.2 Å². The lowest BCUT2D eigenvalue weighted by Gasteiger charge is -2.06. The van der Waals surface area contributed by atoms with Crippen molar-refractivity contribution >= 4 is 29.1 Å². The monoisotopic (exact) mass is 312 g/mol. The standard InChI is InChI=1S/C13H14Cl2N4O/c1-3-10-8(7-19(2)18-10)6-16-13(20)12-9(14)4-5-11(15)17-12/h4-5,7H,3,6H2,1-2H3,(H,16,20). The van der Waals surface area contributed by atoms with E-state index in [1.807, 2.05) is 20.2 Å². The number of rotatable bonds is 4. The number of nitrogens with zero attached hydrogens (tertiary/aromatic N) is 3. The molecule has 2 rings (SSSR count). The predicted octanol–water partition coefficient (Wildman–Crippen LogP) is 2.61. The number of hydrogen-bond acceptors (Lipinski definition) is 3. The van der Waals surface area contributed by atoms with Gasteiger partial charge in [-0.3, -0.25) is 9.48 Å². The summed E-state index contributed by atoms with van der Waals surface area (Å²) in [6.07, 6.45) is 2.69. The fraction of sp³-hybridized carbons (Fsp3) is 0.308. The van der Waals surface area contributed by atoms with E-state index >= 15 is 0 Å². The van der Waals surface area contributed by atoms with E-state index in [0.29, 0.717) is 6.54 Å². The molecule has 5 nitrogen and oxygen atoms in total. The van der Waals surface area contributed by atoms with Crippen molar-refractivity contribution in [1.29, 1.82) is 0 Å². The summed E-state index contributed by atoms with van der Waals surface area (Å²) in [5.41, 5.74) is 2.06. The number of aryl methyl sites for hydroxylation is 2. The number of nitrogens with one attached hydrogen (secondary N) is 1. The lowest BCUT2D eigenvalue weighted by molar-refractivity contribution is 0.0946. The number of halogens is 2. The first-order valence-electron chi connectivity index (χ1n) is 6.13. The van der Waals surface area contributed by atoms with Gasteiger partial charge >= 0.3 is 0 Å². The first-order valence-corrected chi connectivity index (χ1v) is 6.88. The van der Waals surface area contributed by atoms with E-state index in [1.54, 1.807) is 10.7 Å². The highest BCUT2D eigenvalue weighted by Gasteiger charge is 2.14. The fourth-order valence-electron chi connectivity index (χ4n) is 1.87. The normalized spacial score (nSPS) is 10.6. The van der Waals surface area contributed by atoms with Gasteiger partial charge in [0.1, 0.15) is 10.8 Å². The molecule has 2 aromatic rings. The van der Waals surface area contributed by atoms with Crippen molar-refractivity contribution in [3.63, 3.8) is 0 Å². The van der Waals surface area contributed by atoms with Crippen molar-refractivity contribution in [3.8, 4) is 0 Å². The Labute approximate surface area is 126 Å². The number of hydrogen-bond donors (Lipinski definition) is 1. The quantitative estimate of drug-likeness (QED) is 0.883. The van der Waals surface area contributed by atoms with Gasteiger partial charge in [0.25, 0.3) is 5.91 Å². The zero-order valence-corrected chi connectivity index (χ0v) is 12.7. The van der Waals surface area contributed by atoms with Gasteiger partial charge in [-0.25, -0.2) is 4.98 Å². The Kier molecular flexibility index (Phi) is 4.62. The van der Waals surface area contributed by atoms with Crippen LogP contribution in [0.3, 0.4) is 0 Å². The smallest absolute Gasteiger partial charge is 0.271 e. The molecule has 2 aromatic heterocycles. The SMILES string of the molecule is CCc1nn(C)cc1CNC(=O)c1nc(Cl)ccc1Cl. The van der Waals surface area contributed by atoms with E-state index in [2.05, 4.69) is 15.4 Å². The maximum absolute atomic E-state index is 12.1. The summed E-state index contributed by atoms with van der Waals surface area (Å²) in [6.45, 7) is 2.39. The van der Waals surface area contributed by atoms with Gasteiger partial charge < -0.3 is 5.32 Å². The molecule has 0 atom stereocenters. The maximum atomic E-state index is 12.1. The number of carbonyl (C=O) groups excluding carboxylic acids is 1. The summed E-state index contributed by atoms with van der Waals surface area (Å²) in [4.78, 5) is 16.0. The Morgan fingerprint density at radius 3 is 2.85 bits per heavy atom. The molecule has 0 bridgehead atoms. The molecular formula is C13H14Cl2N4O. The Morgan fingerprint density at radius 1 is 1.40 bits per heavy atom. The van der Waals surface area contributed by atoms with Crippen molar-refractivity contribution in [2.45, 2.75) is 19.9 Å². The molecule has 1 amide bonds. The van der Waals surface area contributed by atoms with E-state index in [0.717, 1.165) is 17.7 Å². The average Bonchev–Trinajstić information content (AvgIpc) is 2.79. The highest BCUT2D eigenvalue weighted by Crippen LogP contribution is 2.17. The Bertz CT molecular complexity index is 639. The zero-order valence-electron chi connectivity index (χ0n) is 11.2. The van der Waals surface area contributed by atoms with Crippen LogP contribution < -0.4 is 5.32 Å². The van der Waals surface area contributed by atoms with Crippen LogP contribution in [0.25, 0.3) is 0 Å². The topological polar surface area (TPSA) is 59.8 Å². The summed E-state index contributed by atoms with van der Waals surface area (Å²) in [5.74, 6) is -0.358. The number of pyridine rings is 1. The third-order valence-electron chi connectivity index (χ3n) is 2.79. The molecule has 7 heteroatoms. The van der Waals surface area contributed by atoms with Crippen LogP contribution in [-0.4, -0.2) is 20.7 Å². The molecule has 1 N–H and O–H groups in total. The summed E-state index contributed by atoms with van der Waals surface area (Å²) < 4.78 is 1.73. The number of amides is 1. The summed E-state index contributed by atoms with van der Waals surface area (Å²) in [7, 11) is 1.85. The molecular weight excluding hydrogens is 299 g/mol. The average molecular weight is 313 g/mol. The summed E-state index contributed by atoms with van der Waals surface area (Å²) in [6, 6.07) is 3.09. The molecule has 0 saturated carbocycles. The highest BCUT2D eigenvalue weighted by molar-refractivity contribution is 6.34. The van der Waals surface area contributed by atoms with Crippen molar-refractivity contribution in [2.24, 2.45) is 7.05 Å². The summed E-state index contributed by atoms with van der Waals surface area (Å²) in [5, 5.41) is 7.59. The van der Waals surface area contributed by atoms with E-state index in [4.69, 9.17) is 23.2 Å². The third kappa shape index (κ3) is 3.29.